The first-order chi connectivity index (χ1) is 20.8. The average Bonchev–Trinajstić information content (AvgIpc) is 3.82. The first-order valence-corrected chi connectivity index (χ1v) is 15.0. The Bertz CT molecular complexity index is 3400. The van der Waals surface area contributed by atoms with Gasteiger partial charge in [-0.05, 0) is 151 Å². The van der Waals surface area contributed by atoms with Crippen LogP contribution in [-0.2, 0) is 0 Å². The molecule has 0 aliphatic heterocycles. The van der Waals surface area contributed by atoms with Crippen molar-refractivity contribution in [2.75, 3.05) is 0 Å². The Balaban J connectivity index is 1.55. The van der Waals surface area contributed by atoms with E-state index >= 15 is 8.78 Å². The summed E-state index contributed by atoms with van der Waals surface area (Å²) in [5.74, 6) is 0. The number of fused-ring (bicyclic) bond motifs is 5. The van der Waals surface area contributed by atoms with E-state index in [1.807, 2.05) is 0 Å². The van der Waals surface area contributed by atoms with Crippen molar-refractivity contribution in [3.8, 4) is 0 Å². The van der Waals surface area contributed by atoms with Crippen molar-refractivity contribution in [2.45, 2.75) is 12.3 Å². The lowest BCUT2D eigenvalue weighted by atomic mass is 9.87. The van der Waals surface area contributed by atoms with Gasteiger partial charge in [0.25, 0.3) is 0 Å². The van der Waals surface area contributed by atoms with Crippen molar-refractivity contribution >= 4 is 151 Å². The van der Waals surface area contributed by atoms with Crippen molar-refractivity contribution in [2.24, 2.45) is 0 Å². The molecule has 15 aromatic carbocycles. The minimum atomic E-state index is -1.67. The van der Waals surface area contributed by atoms with E-state index in [4.69, 9.17) is 0 Å². The molecular weight excluding hydrogens is 518 g/mol. The minimum Gasteiger partial charge on any atom is -0.239 e. The van der Waals surface area contributed by atoms with Crippen LogP contribution in [0.3, 0.4) is 0 Å². The fourth-order valence-corrected chi connectivity index (χ4v) is 12.0. The van der Waals surface area contributed by atoms with E-state index in [1.165, 1.54) is 129 Å². The normalized spacial score (nSPS) is 19.7. The number of alkyl halides is 2. The van der Waals surface area contributed by atoms with Gasteiger partial charge in [0.2, 0.25) is 0 Å². The number of halogens is 2. The number of hydrogen-bond donors (Lipinski definition) is 0. The maximum atomic E-state index is 16.7. The molecule has 1 aliphatic rings. The maximum absolute atomic E-state index is 16.7. The first-order valence-electron chi connectivity index (χ1n) is 15.0. The van der Waals surface area contributed by atoms with Crippen LogP contribution in [0.15, 0.2) is 48.5 Å². The molecule has 0 nitrogen and oxygen atoms in total. The van der Waals surface area contributed by atoms with Gasteiger partial charge in [-0.1, -0.05) is 48.5 Å². The SMILES string of the molecule is FC1c2c3ccc4c5ccc6c7ccc8c9ccc%10c(c%11c2c2c3c4c3c5c6c4c7c8c5c9c%10c%11c6c2c3c4c56)C1F. The Morgan fingerprint density at radius 3 is 0.714 bits per heavy atom. The zero-order valence-corrected chi connectivity index (χ0v) is 21.5. The van der Waals surface area contributed by atoms with Gasteiger partial charge in [-0.3, -0.25) is 0 Å². The Morgan fingerprint density at radius 1 is 0.238 bits per heavy atom. The van der Waals surface area contributed by atoms with E-state index in [9.17, 15) is 0 Å². The zero-order valence-electron chi connectivity index (χ0n) is 21.5. The third-order valence-electron chi connectivity index (χ3n) is 12.9. The van der Waals surface area contributed by atoms with Crippen molar-refractivity contribution in [3.63, 3.8) is 0 Å². The Labute approximate surface area is 231 Å². The second-order valence-electron chi connectivity index (χ2n) is 13.8. The van der Waals surface area contributed by atoms with Crippen LogP contribution >= 0.6 is 0 Å². The summed E-state index contributed by atoms with van der Waals surface area (Å²) < 4.78 is 33.4. The van der Waals surface area contributed by atoms with Crippen molar-refractivity contribution in [3.05, 3.63) is 59.7 Å². The van der Waals surface area contributed by atoms with Gasteiger partial charge in [0.15, 0.2) is 12.3 Å². The number of rotatable bonds is 0. The van der Waals surface area contributed by atoms with Gasteiger partial charge < -0.3 is 0 Å². The smallest absolute Gasteiger partial charge is 0.162 e. The Kier molecular flexibility index (Phi) is 1.88. The second kappa shape index (κ2) is 4.48. The van der Waals surface area contributed by atoms with Gasteiger partial charge in [-0.15, -0.1) is 0 Å². The molecule has 42 heavy (non-hydrogen) atoms. The number of hydrogen-bond acceptors (Lipinski definition) is 0. The molecule has 15 aromatic rings. The van der Waals surface area contributed by atoms with Crippen LogP contribution in [0.5, 0.6) is 0 Å². The lowest BCUT2D eigenvalue weighted by molar-refractivity contribution is 0.174. The highest BCUT2D eigenvalue weighted by Crippen LogP contribution is 2.69. The van der Waals surface area contributed by atoms with Gasteiger partial charge in [0.05, 0.1) is 0 Å². The molecule has 0 N–H and O–H groups in total. The van der Waals surface area contributed by atoms with Crippen LogP contribution in [0.1, 0.15) is 23.5 Å². The second-order valence-corrected chi connectivity index (χ2v) is 13.8. The topological polar surface area (TPSA) is 0 Å². The average molecular weight is 529 g/mol. The molecule has 184 valence electrons. The molecule has 16 rings (SSSR count). The molecule has 2 unspecified atom stereocenters. The Morgan fingerprint density at radius 2 is 0.429 bits per heavy atom. The molecular formula is C40H10F2. The number of benzene rings is 9. The van der Waals surface area contributed by atoms with E-state index in [0.29, 0.717) is 11.1 Å². The highest BCUT2D eigenvalue weighted by atomic mass is 19.2. The van der Waals surface area contributed by atoms with Crippen LogP contribution in [-0.4, -0.2) is 0 Å². The standard InChI is InChI=1S/C40H10F2/c41-39-25-15-7-5-13-11-3-1-9-10-2-4-12-14-6-8-16-24-22(14)29-20(12)18(10)27-17(9)19(11)28-21(13)23(15)30-32(25)33(26(16)40(39)42)31(24)38-36(29)34(27)35(28)37(30)38/h1-8,39-40H. The molecule has 0 saturated heterocycles. The predicted molar refractivity (Wildman–Crippen MR) is 173 cm³/mol. The monoisotopic (exact) mass is 528 g/mol. The maximum Gasteiger partial charge on any atom is 0.162 e. The van der Waals surface area contributed by atoms with Gasteiger partial charge in [-0.2, -0.15) is 0 Å². The highest BCUT2D eigenvalue weighted by molar-refractivity contribution is 6.69. The largest absolute Gasteiger partial charge is 0.239 e. The summed E-state index contributed by atoms with van der Waals surface area (Å²) >= 11 is 0. The molecule has 1 aliphatic carbocycles. The fourth-order valence-electron chi connectivity index (χ4n) is 12.0. The highest BCUT2D eigenvalue weighted by Gasteiger charge is 2.44. The van der Waals surface area contributed by atoms with Crippen molar-refractivity contribution < 1.29 is 8.78 Å². The fraction of sp³-hybridized carbons (Fsp3) is 0.0500. The van der Waals surface area contributed by atoms with E-state index in [2.05, 4.69) is 48.5 Å². The molecule has 2 heteroatoms. The van der Waals surface area contributed by atoms with Gasteiger partial charge in [-0.25, -0.2) is 8.78 Å². The Hall–Kier alpha value is -5.08. The third kappa shape index (κ3) is 1.15. The lowest BCUT2D eigenvalue weighted by Gasteiger charge is -2.21. The summed E-state index contributed by atoms with van der Waals surface area (Å²) in [6.45, 7) is 0. The van der Waals surface area contributed by atoms with E-state index < -0.39 is 12.3 Å². The summed E-state index contributed by atoms with van der Waals surface area (Å²) in [4.78, 5) is 0. The molecule has 0 amide bonds. The van der Waals surface area contributed by atoms with Crippen LogP contribution < -0.4 is 0 Å². The summed E-state index contributed by atoms with van der Waals surface area (Å²) in [5, 5.41) is 35.4. The van der Waals surface area contributed by atoms with Crippen LogP contribution in [0.25, 0.3) is 151 Å². The molecule has 0 aromatic heterocycles. The first kappa shape index (κ1) is 17.7. The van der Waals surface area contributed by atoms with Gasteiger partial charge in [0, 0.05) is 11.1 Å². The van der Waals surface area contributed by atoms with E-state index in [0.717, 1.165) is 21.5 Å². The molecule has 0 spiro atoms. The van der Waals surface area contributed by atoms with Crippen LogP contribution in [0.4, 0.5) is 8.78 Å². The van der Waals surface area contributed by atoms with E-state index in [-0.39, 0.29) is 0 Å². The van der Waals surface area contributed by atoms with E-state index in [1.54, 1.807) is 0 Å². The van der Waals surface area contributed by atoms with Crippen molar-refractivity contribution in [1.82, 2.24) is 0 Å². The summed E-state index contributed by atoms with van der Waals surface area (Å²) in [6, 6.07) is 18.0. The molecule has 0 radical (unpaired) electrons. The summed E-state index contributed by atoms with van der Waals surface area (Å²) in [6.07, 6.45) is -3.34. The molecule has 0 fully saturated rings. The predicted octanol–water partition coefficient (Wildman–Crippen LogP) is 12.1. The zero-order chi connectivity index (χ0) is 26.1. The summed E-state index contributed by atoms with van der Waals surface area (Å²) in [7, 11) is 0. The summed E-state index contributed by atoms with van der Waals surface area (Å²) in [5.41, 5.74) is 1.19. The van der Waals surface area contributed by atoms with Crippen LogP contribution in [0, 0.1) is 0 Å². The lowest BCUT2D eigenvalue weighted by Crippen LogP contribution is -2.06. The van der Waals surface area contributed by atoms with Gasteiger partial charge in [0.1, 0.15) is 0 Å². The minimum absolute atomic E-state index is 0.594. The molecule has 0 bridgehead atoms. The molecule has 0 heterocycles. The van der Waals surface area contributed by atoms with Crippen LogP contribution in [0.2, 0.25) is 0 Å². The van der Waals surface area contributed by atoms with Gasteiger partial charge >= 0.3 is 0 Å². The van der Waals surface area contributed by atoms with Crippen molar-refractivity contribution in [1.29, 1.82) is 0 Å². The molecule has 0 saturated carbocycles. The molecule has 2 atom stereocenters. The third-order valence-corrected chi connectivity index (χ3v) is 12.9. The quantitative estimate of drug-likeness (QED) is 0.172.